The van der Waals surface area contributed by atoms with Crippen LogP contribution in [0.4, 0.5) is 5.69 Å². The summed E-state index contributed by atoms with van der Waals surface area (Å²) in [6.45, 7) is 7.65. The molecule has 2 aromatic rings. The summed E-state index contributed by atoms with van der Waals surface area (Å²) in [7, 11) is 2.06. The molecule has 0 saturated carbocycles. The topological polar surface area (TPSA) is 38.5 Å². The fourth-order valence-electron chi connectivity index (χ4n) is 2.98. The van der Waals surface area contributed by atoms with E-state index in [2.05, 4.69) is 48.9 Å². The molecule has 0 aliphatic heterocycles. The molecule has 0 amide bonds. The molecule has 0 radical (unpaired) electrons. The molecule has 3 nitrogen and oxygen atoms in total. The van der Waals surface area contributed by atoms with Crippen LogP contribution < -0.4 is 10.5 Å². The van der Waals surface area contributed by atoms with Crippen LogP contribution >= 0.6 is 0 Å². The van der Waals surface area contributed by atoms with Crippen LogP contribution in [0.3, 0.4) is 0 Å². The number of allylic oxidation sites excluding steroid dienone is 1. The molecule has 0 atom stereocenters. The van der Waals surface area contributed by atoms with Gasteiger partial charge in [-0.05, 0) is 61.6 Å². The third-order valence-corrected chi connectivity index (χ3v) is 4.83. The molecule has 0 fully saturated rings. The second-order valence-corrected chi connectivity index (χ2v) is 7.35. The summed E-state index contributed by atoms with van der Waals surface area (Å²) < 4.78 is 5.92. The lowest BCUT2D eigenvalue weighted by Crippen LogP contribution is -2.14. The van der Waals surface area contributed by atoms with E-state index in [1.54, 1.807) is 0 Å². The first-order valence-electron chi connectivity index (χ1n) is 9.97. The molecule has 0 heterocycles. The van der Waals surface area contributed by atoms with E-state index in [9.17, 15) is 0 Å². The van der Waals surface area contributed by atoms with Gasteiger partial charge in [0.25, 0.3) is 0 Å². The van der Waals surface area contributed by atoms with Crippen LogP contribution in [-0.4, -0.2) is 18.6 Å². The van der Waals surface area contributed by atoms with Gasteiger partial charge in [0.2, 0.25) is 0 Å². The van der Waals surface area contributed by atoms with Crippen molar-refractivity contribution < 1.29 is 4.74 Å². The quantitative estimate of drug-likeness (QED) is 0.381. The highest BCUT2D eigenvalue weighted by Gasteiger charge is 2.02. The van der Waals surface area contributed by atoms with E-state index in [0.29, 0.717) is 0 Å². The van der Waals surface area contributed by atoms with Crippen molar-refractivity contribution in [1.82, 2.24) is 4.90 Å². The number of nitrogen functional groups attached to an aromatic ring is 1. The van der Waals surface area contributed by atoms with Gasteiger partial charge in [-0.1, -0.05) is 50.1 Å². The zero-order valence-corrected chi connectivity index (χ0v) is 16.9. The smallest absolute Gasteiger partial charge is 0.119 e. The van der Waals surface area contributed by atoms with Gasteiger partial charge < -0.3 is 15.4 Å². The first kappa shape index (κ1) is 20.9. The van der Waals surface area contributed by atoms with Crippen LogP contribution in [0.5, 0.6) is 5.75 Å². The highest BCUT2D eigenvalue weighted by Crippen LogP contribution is 2.17. The van der Waals surface area contributed by atoms with Crippen molar-refractivity contribution in [2.75, 3.05) is 19.4 Å². The van der Waals surface area contributed by atoms with Crippen LogP contribution in [0.25, 0.3) is 0 Å². The Labute approximate surface area is 164 Å². The lowest BCUT2D eigenvalue weighted by molar-refractivity contribution is 0.303. The molecule has 146 valence electrons. The third kappa shape index (κ3) is 8.21. The predicted octanol–water partition coefficient (Wildman–Crippen LogP) is 5.81. The first-order chi connectivity index (χ1) is 13.0. The molecule has 0 unspecified atom stereocenters. The summed E-state index contributed by atoms with van der Waals surface area (Å²) in [6.07, 6.45) is 7.25. The molecule has 0 saturated heterocycles. The number of nitrogens with zero attached hydrogens (tertiary/aromatic N) is 1. The van der Waals surface area contributed by atoms with E-state index in [0.717, 1.165) is 43.1 Å². The standard InChI is InChI=1S/C24H34N2O/c1-20(2)26(3)19-22-11-9-12-24(18-22)27-17-8-6-4-5-7-10-21-13-15-23(25)16-14-21/h9,11-16,18H,1,4-8,10,17,19,25H2,2-3H3. The molecule has 0 spiro atoms. The van der Waals surface area contributed by atoms with Crippen LogP contribution in [0, 0.1) is 0 Å². The highest BCUT2D eigenvalue weighted by molar-refractivity contribution is 5.39. The number of unbranched alkanes of at least 4 members (excludes halogenated alkanes) is 4. The molecule has 2 aromatic carbocycles. The molecule has 3 heteroatoms. The van der Waals surface area contributed by atoms with Crippen molar-refractivity contribution in [1.29, 1.82) is 0 Å². The molecule has 2 N–H and O–H groups in total. The monoisotopic (exact) mass is 366 g/mol. The largest absolute Gasteiger partial charge is 0.494 e. The van der Waals surface area contributed by atoms with E-state index in [1.165, 1.54) is 36.8 Å². The van der Waals surface area contributed by atoms with Crippen molar-refractivity contribution in [2.24, 2.45) is 0 Å². The Bertz CT molecular complexity index is 694. The van der Waals surface area contributed by atoms with Gasteiger partial charge in [-0.15, -0.1) is 0 Å². The van der Waals surface area contributed by atoms with Crippen LogP contribution in [0.2, 0.25) is 0 Å². The Morgan fingerprint density at radius 1 is 0.963 bits per heavy atom. The second kappa shape index (κ2) is 11.3. The van der Waals surface area contributed by atoms with Gasteiger partial charge in [0, 0.05) is 25.0 Å². The lowest BCUT2D eigenvalue weighted by Gasteiger charge is -2.19. The van der Waals surface area contributed by atoms with Gasteiger partial charge in [0.1, 0.15) is 5.75 Å². The van der Waals surface area contributed by atoms with Gasteiger partial charge in [0.05, 0.1) is 6.61 Å². The maximum atomic E-state index is 5.92. The maximum absolute atomic E-state index is 5.92. The van der Waals surface area contributed by atoms with Crippen molar-refractivity contribution in [3.05, 3.63) is 71.9 Å². The number of hydrogen-bond donors (Lipinski definition) is 1. The Morgan fingerprint density at radius 3 is 2.41 bits per heavy atom. The molecule has 2 rings (SSSR count). The molecule has 0 aliphatic carbocycles. The van der Waals surface area contributed by atoms with Crippen LogP contribution in [0.15, 0.2) is 60.8 Å². The fourth-order valence-corrected chi connectivity index (χ4v) is 2.98. The van der Waals surface area contributed by atoms with Gasteiger partial charge in [-0.2, -0.15) is 0 Å². The van der Waals surface area contributed by atoms with E-state index >= 15 is 0 Å². The number of nitrogens with two attached hydrogens (primary N) is 1. The summed E-state index contributed by atoms with van der Waals surface area (Å²) in [5.74, 6) is 0.964. The molecule has 27 heavy (non-hydrogen) atoms. The summed E-state index contributed by atoms with van der Waals surface area (Å²) in [5, 5.41) is 0. The summed E-state index contributed by atoms with van der Waals surface area (Å²) in [6, 6.07) is 16.6. The van der Waals surface area contributed by atoms with E-state index < -0.39 is 0 Å². The SMILES string of the molecule is C=C(C)N(C)Cc1cccc(OCCCCCCCc2ccc(N)cc2)c1. The molecule has 0 bridgehead atoms. The molecular formula is C24H34N2O. The number of rotatable bonds is 12. The minimum Gasteiger partial charge on any atom is -0.494 e. The minimum atomic E-state index is 0.789. The number of hydrogen-bond acceptors (Lipinski definition) is 3. The molecular weight excluding hydrogens is 332 g/mol. The summed E-state index contributed by atoms with van der Waals surface area (Å²) in [5.41, 5.74) is 10.3. The summed E-state index contributed by atoms with van der Waals surface area (Å²) in [4.78, 5) is 2.14. The zero-order valence-electron chi connectivity index (χ0n) is 16.9. The number of aryl methyl sites for hydroxylation is 1. The Morgan fingerprint density at radius 2 is 1.67 bits per heavy atom. The van der Waals surface area contributed by atoms with Crippen molar-refractivity contribution in [3.63, 3.8) is 0 Å². The maximum Gasteiger partial charge on any atom is 0.119 e. The van der Waals surface area contributed by atoms with Crippen molar-refractivity contribution in [3.8, 4) is 5.75 Å². The third-order valence-electron chi connectivity index (χ3n) is 4.83. The lowest BCUT2D eigenvalue weighted by atomic mass is 10.1. The van der Waals surface area contributed by atoms with E-state index in [-0.39, 0.29) is 0 Å². The van der Waals surface area contributed by atoms with Gasteiger partial charge in [-0.25, -0.2) is 0 Å². The zero-order chi connectivity index (χ0) is 19.5. The predicted molar refractivity (Wildman–Crippen MR) is 116 cm³/mol. The van der Waals surface area contributed by atoms with E-state index in [1.807, 2.05) is 25.1 Å². The van der Waals surface area contributed by atoms with Crippen molar-refractivity contribution in [2.45, 2.75) is 52.0 Å². The molecule has 0 aliphatic rings. The van der Waals surface area contributed by atoms with Gasteiger partial charge >= 0.3 is 0 Å². The Hall–Kier alpha value is -2.42. The fraction of sp³-hybridized carbons (Fsp3) is 0.417. The number of anilines is 1. The first-order valence-corrected chi connectivity index (χ1v) is 9.97. The Kier molecular flexibility index (Phi) is 8.76. The number of ether oxygens (including phenoxy) is 1. The van der Waals surface area contributed by atoms with E-state index in [4.69, 9.17) is 10.5 Å². The van der Waals surface area contributed by atoms with Gasteiger partial charge in [0.15, 0.2) is 0 Å². The number of benzene rings is 2. The highest BCUT2D eigenvalue weighted by atomic mass is 16.5. The van der Waals surface area contributed by atoms with Gasteiger partial charge in [-0.3, -0.25) is 0 Å². The van der Waals surface area contributed by atoms with Crippen LogP contribution in [-0.2, 0) is 13.0 Å². The average Bonchev–Trinajstić information content (AvgIpc) is 2.65. The Balaban J connectivity index is 1.56. The summed E-state index contributed by atoms with van der Waals surface area (Å²) >= 11 is 0. The minimum absolute atomic E-state index is 0.789. The molecule has 0 aromatic heterocycles. The van der Waals surface area contributed by atoms with Crippen molar-refractivity contribution >= 4 is 5.69 Å². The second-order valence-electron chi connectivity index (χ2n) is 7.35. The normalized spacial score (nSPS) is 10.6. The average molecular weight is 367 g/mol. The van der Waals surface area contributed by atoms with Crippen LogP contribution in [0.1, 0.15) is 50.2 Å².